The van der Waals surface area contributed by atoms with Crippen molar-refractivity contribution in [1.29, 1.82) is 0 Å². The first-order valence-corrected chi connectivity index (χ1v) is 44.1. The van der Waals surface area contributed by atoms with Gasteiger partial charge in [-0.25, -0.2) is 9.13 Å². The van der Waals surface area contributed by atoms with E-state index in [9.17, 15) is 43.2 Å². The van der Waals surface area contributed by atoms with Crippen molar-refractivity contribution in [1.82, 2.24) is 0 Å². The summed E-state index contributed by atoms with van der Waals surface area (Å²) < 4.78 is 68.3. The molecular formula is C79H154O17P2. The zero-order chi connectivity index (χ0) is 72.1. The molecule has 0 aliphatic rings. The molecule has 0 aliphatic carbocycles. The van der Waals surface area contributed by atoms with Gasteiger partial charge in [-0.15, -0.1) is 0 Å². The molecule has 0 aromatic rings. The molecule has 3 N–H and O–H groups in total. The van der Waals surface area contributed by atoms with Crippen LogP contribution in [0.1, 0.15) is 414 Å². The minimum absolute atomic E-state index is 0.104. The van der Waals surface area contributed by atoms with Crippen molar-refractivity contribution < 1.29 is 80.2 Å². The van der Waals surface area contributed by atoms with Gasteiger partial charge in [-0.1, -0.05) is 363 Å². The number of phosphoric acid groups is 2. The van der Waals surface area contributed by atoms with Gasteiger partial charge >= 0.3 is 39.5 Å². The predicted octanol–water partition coefficient (Wildman–Crippen LogP) is 23.5. The van der Waals surface area contributed by atoms with Gasteiger partial charge in [-0.05, 0) is 37.5 Å². The van der Waals surface area contributed by atoms with Crippen LogP contribution >= 0.6 is 15.6 Å². The molecule has 0 amide bonds. The van der Waals surface area contributed by atoms with Crippen LogP contribution in [0.25, 0.3) is 0 Å². The van der Waals surface area contributed by atoms with E-state index in [0.29, 0.717) is 25.7 Å². The highest BCUT2D eigenvalue weighted by Gasteiger charge is 2.30. The average molecular weight is 1440 g/mol. The van der Waals surface area contributed by atoms with Crippen molar-refractivity contribution in [2.24, 2.45) is 11.8 Å². The van der Waals surface area contributed by atoms with Gasteiger partial charge in [0.1, 0.15) is 19.3 Å². The van der Waals surface area contributed by atoms with E-state index in [0.717, 1.165) is 127 Å². The largest absolute Gasteiger partial charge is 0.472 e. The van der Waals surface area contributed by atoms with Gasteiger partial charge in [-0.2, -0.15) is 0 Å². The minimum Gasteiger partial charge on any atom is -0.462 e. The standard InChI is InChI=1S/C79H154O17P2/c1-7-11-13-15-41-49-55-61-76(81)89-67-74(95-78(83)63-57-51-42-16-14-12-8-2)69-93-97(85,86)91-65-73(80)66-92-98(87,88)94-70-75(96-79(84)64-58-52-46-40-36-32-28-24-20-18-22-26-30-34-38-44-48-54-60-72(6)10-4)68-90-77(82)62-56-50-45-39-35-31-27-23-19-17-21-25-29-33-37-43-47-53-59-71(5)9-3/h71-75,80H,7-70H2,1-6H3,(H,85,86)(H,87,88)/t71?,72?,73-,74+,75+/m0/s1. The Kier molecular flexibility index (Phi) is 69.3. The van der Waals surface area contributed by atoms with E-state index in [1.54, 1.807) is 0 Å². The summed E-state index contributed by atoms with van der Waals surface area (Å²) in [6.07, 6.45) is 60.2. The summed E-state index contributed by atoms with van der Waals surface area (Å²) in [4.78, 5) is 72.5. The third kappa shape index (κ3) is 69.8. The number of phosphoric ester groups is 2. The Bertz CT molecular complexity index is 1890. The van der Waals surface area contributed by atoms with Crippen molar-refractivity contribution in [3.05, 3.63) is 0 Å². The first-order chi connectivity index (χ1) is 47.4. The predicted molar refractivity (Wildman–Crippen MR) is 400 cm³/mol. The number of ether oxygens (including phenoxy) is 4. The molecule has 98 heavy (non-hydrogen) atoms. The summed E-state index contributed by atoms with van der Waals surface area (Å²) >= 11 is 0. The number of rotatable bonds is 78. The van der Waals surface area contributed by atoms with Gasteiger partial charge < -0.3 is 33.8 Å². The third-order valence-electron chi connectivity index (χ3n) is 19.2. The van der Waals surface area contributed by atoms with E-state index in [-0.39, 0.29) is 25.7 Å². The lowest BCUT2D eigenvalue weighted by atomic mass is 9.99. The Hall–Kier alpha value is -1.94. The van der Waals surface area contributed by atoms with E-state index in [4.69, 9.17) is 37.0 Å². The number of esters is 4. The quantitative estimate of drug-likeness (QED) is 0.0222. The molecule has 582 valence electrons. The Morgan fingerprint density at radius 2 is 0.490 bits per heavy atom. The van der Waals surface area contributed by atoms with E-state index in [1.807, 2.05) is 0 Å². The van der Waals surface area contributed by atoms with Gasteiger partial charge in [0.25, 0.3) is 0 Å². The molecule has 0 bridgehead atoms. The van der Waals surface area contributed by atoms with Crippen LogP contribution in [0.15, 0.2) is 0 Å². The summed E-state index contributed by atoms with van der Waals surface area (Å²) in [5.74, 6) is -0.379. The molecule has 7 atom stereocenters. The Morgan fingerprint density at radius 1 is 0.286 bits per heavy atom. The maximum absolute atomic E-state index is 13.1. The zero-order valence-corrected chi connectivity index (χ0v) is 65.9. The van der Waals surface area contributed by atoms with E-state index >= 15 is 0 Å². The van der Waals surface area contributed by atoms with Crippen LogP contribution in [0.3, 0.4) is 0 Å². The number of carbonyl (C=O) groups is 4. The molecule has 0 saturated carbocycles. The summed E-state index contributed by atoms with van der Waals surface area (Å²) in [6, 6.07) is 0. The summed E-state index contributed by atoms with van der Waals surface area (Å²) in [5.41, 5.74) is 0. The summed E-state index contributed by atoms with van der Waals surface area (Å²) in [6.45, 7) is 9.65. The van der Waals surface area contributed by atoms with Gasteiger partial charge in [0.15, 0.2) is 12.2 Å². The number of carbonyl (C=O) groups excluding carboxylic acids is 4. The van der Waals surface area contributed by atoms with E-state index < -0.39 is 97.5 Å². The molecular weight excluding hydrogens is 1280 g/mol. The second-order valence-corrected chi connectivity index (χ2v) is 31.8. The molecule has 4 unspecified atom stereocenters. The maximum Gasteiger partial charge on any atom is 0.472 e. The van der Waals surface area contributed by atoms with Crippen LogP contribution < -0.4 is 0 Å². The van der Waals surface area contributed by atoms with E-state index in [2.05, 4.69) is 41.5 Å². The lowest BCUT2D eigenvalue weighted by molar-refractivity contribution is -0.161. The molecule has 19 heteroatoms. The molecule has 0 aliphatic heterocycles. The lowest BCUT2D eigenvalue weighted by Crippen LogP contribution is -2.30. The van der Waals surface area contributed by atoms with Crippen molar-refractivity contribution in [3.8, 4) is 0 Å². The minimum atomic E-state index is -4.96. The molecule has 0 aromatic heterocycles. The highest BCUT2D eigenvalue weighted by Crippen LogP contribution is 2.45. The average Bonchev–Trinajstić information content (AvgIpc) is 1.18. The molecule has 0 heterocycles. The van der Waals surface area contributed by atoms with Crippen LogP contribution in [-0.2, 0) is 65.4 Å². The van der Waals surface area contributed by atoms with Crippen LogP contribution in [-0.4, -0.2) is 96.7 Å². The molecule has 0 aromatic carbocycles. The second kappa shape index (κ2) is 70.7. The Morgan fingerprint density at radius 3 is 0.724 bits per heavy atom. The first kappa shape index (κ1) is 96.1. The molecule has 0 rings (SSSR count). The van der Waals surface area contributed by atoms with Crippen LogP contribution in [0.2, 0.25) is 0 Å². The molecule has 0 spiro atoms. The Labute approximate surface area is 600 Å². The zero-order valence-electron chi connectivity index (χ0n) is 64.1. The normalized spacial score (nSPS) is 14.5. The van der Waals surface area contributed by atoms with Gasteiger partial charge in [0.05, 0.1) is 26.4 Å². The highest BCUT2D eigenvalue weighted by atomic mass is 31.2. The number of hydrogen-bond donors (Lipinski definition) is 3. The molecule has 0 saturated heterocycles. The third-order valence-corrected chi connectivity index (χ3v) is 21.1. The number of unbranched alkanes of at least 4 members (excludes halogenated alkanes) is 46. The van der Waals surface area contributed by atoms with Gasteiger partial charge in [0, 0.05) is 25.7 Å². The van der Waals surface area contributed by atoms with Gasteiger partial charge in [-0.3, -0.25) is 37.3 Å². The van der Waals surface area contributed by atoms with Gasteiger partial charge in [0.2, 0.25) is 0 Å². The topological polar surface area (TPSA) is 237 Å². The second-order valence-electron chi connectivity index (χ2n) is 28.9. The monoisotopic (exact) mass is 1440 g/mol. The molecule has 17 nitrogen and oxygen atoms in total. The van der Waals surface area contributed by atoms with Crippen molar-refractivity contribution in [2.75, 3.05) is 39.6 Å². The first-order valence-electron chi connectivity index (χ1n) is 41.1. The van der Waals surface area contributed by atoms with Crippen LogP contribution in [0.5, 0.6) is 0 Å². The van der Waals surface area contributed by atoms with Crippen molar-refractivity contribution in [2.45, 2.75) is 432 Å². The lowest BCUT2D eigenvalue weighted by Gasteiger charge is -2.21. The van der Waals surface area contributed by atoms with Crippen molar-refractivity contribution >= 4 is 39.5 Å². The number of aliphatic hydroxyl groups excluding tert-OH is 1. The maximum atomic E-state index is 13.1. The fourth-order valence-electron chi connectivity index (χ4n) is 12.1. The fourth-order valence-corrected chi connectivity index (χ4v) is 13.7. The molecule has 0 radical (unpaired) electrons. The van der Waals surface area contributed by atoms with Crippen LogP contribution in [0.4, 0.5) is 0 Å². The summed E-state index contributed by atoms with van der Waals surface area (Å²) in [7, 11) is -9.90. The SMILES string of the molecule is CCCCCCCCCC(=O)OC[C@H](COP(=O)(O)OC[C@H](O)COP(=O)(O)OC[C@@H](COC(=O)CCCCCCCCCCCCCCCCCCCCC(C)CC)OC(=O)CCCCCCCCCCCCCCCCCCCCC(C)CC)OC(=O)CCCCCCCCC. The molecule has 0 fully saturated rings. The number of aliphatic hydroxyl groups is 1. The number of hydrogen-bond acceptors (Lipinski definition) is 15. The highest BCUT2D eigenvalue weighted by molar-refractivity contribution is 7.47. The van der Waals surface area contributed by atoms with Crippen molar-refractivity contribution in [3.63, 3.8) is 0 Å². The fraction of sp³-hybridized carbons (Fsp3) is 0.949. The van der Waals surface area contributed by atoms with E-state index in [1.165, 1.54) is 205 Å². The Balaban J connectivity index is 5.07. The summed E-state index contributed by atoms with van der Waals surface area (Å²) in [5, 5.41) is 10.6. The van der Waals surface area contributed by atoms with Crippen LogP contribution in [0, 0.1) is 11.8 Å². The smallest absolute Gasteiger partial charge is 0.462 e.